The van der Waals surface area contributed by atoms with Gasteiger partial charge in [-0.1, -0.05) is 19.1 Å². The zero-order chi connectivity index (χ0) is 19.6. The van der Waals surface area contributed by atoms with Crippen molar-refractivity contribution in [3.8, 4) is 0 Å². The van der Waals surface area contributed by atoms with Crippen LogP contribution in [0.3, 0.4) is 0 Å². The predicted octanol–water partition coefficient (Wildman–Crippen LogP) is 4.48. The van der Waals surface area contributed by atoms with Gasteiger partial charge in [-0.2, -0.15) is 5.10 Å². The highest BCUT2D eigenvalue weighted by atomic mass is 127. The van der Waals surface area contributed by atoms with Crippen LogP contribution in [0.2, 0.25) is 0 Å². The molecule has 5 nitrogen and oxygen atoms in total. The maximum Gasteiger partial charge on any atom is 0.262 e. The number of carbonyl (C=O) groups is 1. The molecule has 0 bridgehead atoms. The summed E-state index contributed by atoms with van der Waals surface area (Å²) in [6.07, 6.45) is 2.34. The number of halogens is 1. The maximum atomic E-state index is 12.4. The van der Waals surface area contributed by atoms with Gasteiger partial charge in [0.15, 0.2) is 0 Å². The van der Waals surface area contributed by atoms with Crippen molar-refractivity contribution in [3.63, 3.8) is 0 Å². The molecule has 0 heterocycles. The summed E-state index contributed by atoms with van der Waals surface area (Å²) >= 11 is 2.26. The van der Waals surface area contributed by atoms with Gasteiger partial charge in [0.2, 0.25) is 0 Å². The molecule has 0 aromatic heterocycles. The second kappa shape index (κ2) is 10.9. The number of benzene rings is 2. The Morgan fingerprint density at radius 1 is 1.07 bits per heavy atom. The number of anilines is 2. The Bertz CT molecular complexity index is 740. The van der Waals surface area contributed by atoms with Gasteiger partial charge in [-0.3, -0.25) is 4.79 Å². The lowest BCUT2D eigenvalue weighted by Crippen LogP contribution is -2.36. The zero-order valence-corrected chi connectivity index (χ0v) is 18.2. The Kier molecular flexibility index (Phi) is 8.57. The highest BCUT2D eigenvalue weighted by Crippen LogP contribution is 2.14. The smallest absolute Gasteiger partial charge is 0.262 e. The average Bonchev–Trinajstić information content (AvgIpc) is 2.69. The van der Waals surface area contributed by atoms with Crippen LogP contribution in [0.15, 0.2) is 53.6 Å². The van der Waals surface area contributed by atoms with Crippen molar-refractivity contribution in [1.82, 2.24) is 5.43 Å². The third kappa shape index (κ3) is 6.53. The first kappa shape index (κ1) is 21.2. The van der Waals surface area contributed by atoms with E-state index in [1.165, 1.54) is 5.69 Å². The van der Waals surface area contributed by atoms with E-state index in [-0.39, 0.29) is 11.9 Å². The van der Waals surface area contributed by atoms with Crippen LogP contribution < -0.4 is 15.6 Å². The van der Waals surface area contributed by atoms with Crippen LogP contribution in [-0.2, 0) is 4.79 Å². The molecule has 0 aliphatic rings. The van der Waals surface area contributed by atoms with Crippen molar-refractivity contribution >= 4 is 46.1 Å². The van der Waals surface area contributed by atoms with Crippen LogP contribution in [0, 0.1) is 3.57 Å². The van der Waals surface area contributed by atoms with Gasteiger partial charge in [-0.05, 0) is 84.8 Å². The molecule has 2 aromatic rings. The molecule has 0 spiro atoms. The highest BCUT2D eigenvalue weighted by Gasteiger charge is 2.15. The first-order chi connectivity index (χ1) is 13.1. The second-order valence-electron chi connectivity index (χ2n) is 6.11. The van der Waals surface area contributed by atoms with E-state index in [2.05, 4.69) is 69.3 Å². The van der Waals surface area contributed by atoms with Crippen LogP contribution in [0.5, 0.6) is 0 Å². The van der Waals surface area contributed by atoms with Crippen molar-refractivity contribution < 1.29 is 4.79 Å². The number of amides is 1. The van der Waals surface area contributed by atoms with Crippen LogP contribution in [0.1, 0.15) is 32.8 Å². The molecule has 0 fully saturated rings. The first-order valence-corrected chi connectivity index (χ1v) is 10.3. The summed E-state index contributed by atoms with van der Waals surface area (Å²) in [7, 11) is 0. The van der Waals surface area contributed by atoms with Crippen molar-refractivity contribution in [2.24, 2.45) is 5.10 Å². The van der Waals surface area contributed by atoms with Gasteiger partial charge in [0, 0.05) is 28.0 Å². The Morgan fingerprint density at radius 2 is 1.70 bits per heavy atom. The first-order valence-electron chi connectivity index (χ1n) is 9.27. The number of nitrogens with zero attached hydrogens (tertiary/aromatic N) is 2. The van der Waals surface area contributed by atoms with Gasteiger partial charge in [0.1, 0.15) is 6.04 Å². The van der Waals surface area contributed by atoms with E-state index in [1.807, 2.05) is 43.3 Å². The van der Waals surface area contributed by atoms with E-state index in [4.69, 9.17) is 0 Å². The summed E-state index contributed by atoms with van der Waals surface area (Å²) in [6.45, 7) is 8.21. The molecule has 0 aliphatic heterocycles. The Balaban J connectivity index is 1.91. The van der Waals surface area contributed by atoms with Crippen molar-refractivity contribution in [1.29, 1.82) is 0 Å². The molecule has 0 saturated carbocycles. The highest BCUT2D eigenvalue weighted by molar-refractivity contribution is 14.1. The lowest BCUT2D eigenvalue weighted by molar-refractivity contribution is -0.121. The van der Waals surface area contributed by atoms with E-state index in [0.717, 1.165) is 27.9 Å². The third-order valence-electron chi connectivity index (χ3n) is 4.32. The normalized spacial score (nSPS) is 12.0. The largest absolute Gasteiger partial charge is 0.374 e. The average molecular weight is 478 g/mol. The molecule has 1 atom stereocenters. The number of carbonyl (C=O) groups excluding carboxylic acids is 1. The molecule has 0 saturated heterocycles. The molecule has 0 radical (unpaired) electrons. The second-order valence-corrected chi connectivity index (χ2v) is 7.36. The Morgan fingerprint density at radius 3 is 2.26 bits per heavy atom. The standard InChI is InChI=1S/C21H27IN4O/c1-4-20(24-18-11-9-17(22)10-12-18)21(27)25-23-15-16-7-13-19(14-8-16)26(5-2)6-3/h7-15,20,24H,4-6H2,1-3H3,(H,25,27)/b23-15-/t20-/m1/s1. The summed E-state index contributed by atoms with van der Waals surface area (Å²) in [4.78, 5) is 14.6. The van der Waals surface area contributed by atoms with E-state index < -0.39 is 0 Å². The summed E-state index contributed by atoms with van der Waals surface area (Å²) in [5.74, 6) is -0.146. The summed E-state index contributed by atoms with van der Waals surface area (Å²) in [6, 6.07) is 15.8. The van der Waals surface area contributed by atoms with Crippen molar-refractivity contribution in [3.05, 3.63) is 57.7 Å². The number of hydrazone groups is 1. The molecular formula is C21H27IN4O. The maximum absolute atomic E-state index is 12.4. The van der Waals surface area contributed by atoms with Gasteiger partial charge >= 0.3 is 0 Å². The fraction of sp³-hybridized carbons (Fsp3) is 0.333. The van der Waals surface area contributed by atoms with Gasteiger partial charge in [-0.15, -0.1) is 0 Å². The summed E-state index contributed by atoms with van der Waals surface area (Å²) in [5, 5.41) is 7.34. The number of hydrogen-bond donors (Lipinski definition) is 2. The lowest BCUT2D eigenvalue weighted by atomic mass is 10.2. The minimum atomic E-state index is -0.327. The topological polar surface area (TPSA) is 56.7 Å². The molecule has 2 aromatic carbocycles. The van der Waals surface area contributed by atoms with E-state index in [1.54, 1.807) is 6.21 Å². The van der Waals surface area contributed by atoms with Gasteiger partial charge in [0.25, 0.3) is 5.91 Å². The molecule has 6 heteroatoms. The molecule has 144 valence electrons. The molecule has 2 N–H and O–H groups in total. The van der Waals surface area contributed by atoms with Crippen LogP contribution in [0.25, 0.3) is 0 Å². The zero-order valence-electron chi connectivity index (χ0n) is 16.1. The fourth-order valence-electron chi connectivity index (χ4n) is 2.71. The van der Waals surface area contributed by atoms with Gasteiger partial charge in [0.05, 0.1) is 6.21 Å². The van der Waals surface area contributed by atoms with Crippen LogP contribution in [0.4, 0.5) is 11.4 Å². The molecule has 0 unspecified atom stereocenters. The van der Waals surface area contributed by atoms with E-state index >= 15 is 0 Å². The van der Waals surface area contributed by atoms with Crippen LogP contribution in [-0.4, -0.2) is 31.3 Å². The third-order valence-corrected chi connectivity index (χ3v) is 5.04. The van der Waals surface area contributed by atoms with Crippen molar-refractivity contribution in [2.75, 3.05) is 23.3 Å². The number of hydrogen-bond acceptors (Lipinski definition) is 4. The molecule has 1 amide bonds. The van der Waals surface area contributed by atoms with Gasteiger partial charge < -0.3 is 10.2 Å². The number of rotatable bonds is 9. The Labute approximate surface area is 175 Å². The quantitative estimate of drug-likeness (QED) is 0.318. The minimum absolute atomic E-state index is 0.146. The number of nitrogens with one attached hydrogen (secondary N) is 2. The fourth-order valence-corrected chi connectivity index (χ4v) is 3.07. The lowest BCUT2D eigenvalue weighted by Gasteiger charge is -2.20. The SMILES string of the molecule is CC[C@@H](Nc1ccc(I)cc1)C(=O)N/N=C\c1ccc(N(CC)CC)cc1. The molecular weight excluding hydrogens is 451 g/mol. The van der Waals surface area contributed by atoms with Crippen LogP contribution >= 0.6 is 22.6 Å². The van der Waals surface area contributed by atoms with Gasteiger partial charge in [-0.25, -0.2) is 5.43 Å². The minimum Gasteiger partial charge on any atom is -0.374 e. The summed E-state index contributed by atoms with van der Waals surface area (Å²) in [5.41, 5.74) is 5.69. The van der Waals surface area contributed by atoms with E-state index in [9.17, 15) is 4.79 Å². The Hall–Kier alpha value is -2.09. The molecule has 27 heavy (non-hydrogen) atoms. The van der Waals surface area contributed by atoms with E-state index in [0.29, 0.717) is 6.42 Å². The summed E-state index contributed by atoms with van der Waals surface area (Å²) < 4.78 is 1.16. The molecule has 0 aliphatic carbocycles. The monoisotopic (exact) mass is 478 g/mol. The molecule has 2 rings (SSSR count). The van der Waals surface area contributed by atoms with Crippen molar-refractivity contribution in [2.45, 2.75) is 33.2 Å². The predicted molar refractivity (Wildman–Crippen MR) is 123 cm³/mol.